The van der Waals surface area contributed by atoms with Crippen molar-refractivity contribution < 1.29 is 9.21 Å². The molecule has 4 saturated heterocycles. The van der Waals surface area contributed by atoms with Crippen molar-refractivity contribution in [3.8, 4) is 0 Å². The first-order chi connectivity index (χ1) is 13.2. The predicted molar refractivity (Wildman–Crippen MR) is 119 cm³/mol. The number of nitrogens with one attached hydrogen (secondary N) is 1. The standard InChI is InChI=1S/C19H30N6O2.HI/c1-2-20-19(21-14-16-15-22-5-7-23(16)8-6-22)25-11-9-24(10-12-25)18(26)17-4-3-13-27-17;/h3-4,13,16H,2,5-12,14-15H2,1H3,(H,20,21);1H. The Morgan fingerprint density at radius 2 is 1.86 bits per heavy atom. The van der Waals surface area contributed by atoms with Crippen LogP contribution < -0.4 is 5.32 Å². The number of amides is 1. The number of halogens is 1. The van der Waals surface area contributed by atoms with Crippen LogP contribution in [0, 0.1) is 0 Å². The third kappa shape index (κ3) is 4.80. The zero-order valence-electron chi connectivity index (χ0n) is 16.5. The molecule has 1 atom stereocenters. The lowest BCUT2D eigenvalue weighted by molar-refractivity contribution is 0.0173. The number of hydrogen-bond acceptors (Lipinski definition) is 5. The van der Waals surface area contributed by atoms with Gasteiger partial charge < -0.3 is 19.5 Å². The van der Waals surface area contributed by atoms with Crippen molar-refractivity contribution in [2.75, 3.05) is 72.0 Å². The van der Waals surface area contributed by atoms with Gasteiger partial charge >= 0.3 is 0 Å². The summed E-state index contributed by atoms with van der Waals surface area (Å²) >= 11 is 0. The van der Waals surface area contributed by atoms with Crippen molar-refractivity contribution in [2.45, 2.75) is 13.0 Å². The number of carbonyl (C=O) groups is 1. The highest BCUT2D eigenvalue weighted by atomic mass is 127. The van der Waals surface area contributed by atoms with Gasteiger partial charge in [-0.3, -0.25) is 19.6 Å². The molecule has 28 heavy (non-hydrogen) atoms. The molecule has 1 amide bonds. The van der Waals surface area contributed by atoms with Gasteiger partial charge in [-0.05, 0) is 19.1 Å². The molecule has 4 aliphatic rings. The zero-order chi connectivity index (χ0) is 18.6. The van der Waals surface area contributed by atoms with Crippen LogP contribution in [-0.2, 0) is 0 Å². The molecule has 4 fully saturated rings. The fourth-order valence-electron chi connectivity index (χ4n) is 4.19. The second-order valence-electron chi connectivity index (χ2n) is 7.44. The smallest absolute Gasteiger partial charge is 0.289 e. The SMILES string of the molecule is CCNC(=NCC1CN2CCN1CC2)N1CCN(C(=O)c2ccco2)CC1.I. The van der Waals surface area contributed by atoms with E-state index in [0.29, 0.717) is 24.9 Å². The lowest BCUT2D eigenvalue weighted by Crippen LogP contribution is -2.62. The number of rotatable bonds is 4. The van der Waals surface area contributed by atoms with E-state index in [1.165, 1.54) is 26.2 Å². The quantitative estimate of drug-likeness (QED) is 0.370. The Labute approximate surface area is 183 Å². The zero-order valence-corrected chi connectivity index (χ0v) is 18.9. The number of guanidine groups is 1. The van der Waals surface area contributed by atoms with Crippen molar-refractivity contribution >= 4 is 35.8 Å². The van der Waals surface area contributed by atoms with Crippen LogP contribution in [-0.4, -0.2) is 110 Å². The van der Waals surface area contributed by atoms with E-state index in [1.807, 2.05) is 4.90 Å². The second kappa shape index (κ2) is 9.93. The molecule has 1 aromatic heterocycles. The van der Waals surface area contributed by atoms with Crippen LogP contribution in [0.15, 0.2) is 27.8 Å². The molecule has 0 aliphatic carbocycles. The molecule has 5 rings (SSSR count). The van der Waals surface area contributed by atoms with Crippen LogP contribution in [0.1, 0.15) is 17.5 Å². The lowest BCUT2D eigenvalue weighted by Gasteiger charge is -2.47. The van der Waals surface area contributed by atoms with E-state index < -0.39 is 0 Å². The van der Waals surface area contributed by atoms with Crippen molar-refractivity contribution in [1.29, 1.82) is 0 Å². The minimum Gasteiger partial charge on any atom is -0.459 e. The minimum atomic E-state index is -0.0262. The number of piperazine rings is 4. The van der Waals surface area contributed by atoms with E-state index in [4.69, 9.17) is 9.41 Å². The van der Waals surface area contributed by atoms with E-state index in [9.17, 15) is 4.79 Å². The van der Waals surface area contributed by atoms with Crippen LogP contribution in [0.2, 0.25) is 0 Å². The first-order valence-corrected chi connectivity index (χ1v) is 10.1. The average Bonchev–Trinajstić information content (AvgIpc) is 3.26. The first kappa shape index (κ1) is 21.4. The average molecular weight is 502 g/mol. The Kier molecular flexibility index (Phi) is 7.58. The van der Waals surface area contributed by atoms with Crippen molar-refractivity contribution in [2.24, 2.45) is 4.99 Å². The van der Waals surface area contributed by atoms with Gasteiger partial charge in [0.05, 0.1) is 12.8 Å². The van der Waals surface area contributed by atoms with Crippen LogP contribution in [0.3, 0.4) is 0 Å². The Bertz CT molecular complexity index is 651. The van der Waals surface area contributed by atoms with Crippen molar-refractivity contribution in [3.05, 3.63) is 24.2 Å². The maximum absolute atomic E-state index is 12.4. The molecule has 0 aromatic carbocycles. The van der Waals surface area contributed by atoms with Gasteiger partial charge in [0, 0.05) is 71.5 Å². The molecular weight excluding hydrogens is 471 g/mol. The molecule has 4 aliphatic heterocycles. The number of nitrogens with zero attached hydrogens (tertiary/aromatic N) is 5. The summed E-state index contributed by atoms with van der Waals surface area (Å²) in [7, 11) is 0. The summed E-state index contributed by atoms with van der Waals surface area (Å²) in [6.07, 6.45) is 1.55. The van der Waals surface area contributed by atoms with Gasteiger partial charge in [0.25, 0.3) is 5.91 Å². The molecule has 9 heteroatoms. The number of fused-ring (bicyclic) bond motifs is 3. The van der Waals surface area contributed by atoms with Crippen LogP contribution in [0.4, 0.5) is 0 Å². The van der Waals surface area contributed by atoms with Gasteiger partial charge in [-0.25, -0.2) is 0 Å². The highest BCUT2D eigenvalue weighted by molar-refractivity contribution is 14.0. The molecule has 2 bridgehead atoms. The minimum absolute atomic E-state index is 0. The van der Waals surface area contributed by atoms with Gasteiger partial charge in [-0.15, -0.1) is 24.0 Å². The normalized spacial score (nSPS) is 27.5. The molecule has 1 aromatic rings. The summed E-state index contributed by atoms with van der Waals surface area (Å²) in [6, 6.07) is 4.01. The van der Waals surface area contributed by atoms with Gasteiger partial charge in [0.2, 0.25) is 0 Å². The molecule has 0 radical (unpaired) electrons. The van der Waals surface area contributed by atoms with E-state index in [-0.39, 0.29) is 29.9 Å². The number of carbonyl (C=O) groups excluding carboxylic acids is 1. The predicted octanol–water partition coefficient (Wildman–Crippen LogP) is 0.621. The summed E-state index contributed by atoms with van der Waals surface area (Å²) in [5.41, 5.74) is 0. The van der Waals surface area contributed by atoms with E-state index in [2.05, 4.69) is 26.9 Å². The van der Waals surface area contributed by atoms with E-state index in [1.54, 1.807) is 18.4 Å². The summed E-state index contributed by atoms with van der Waals surface area (Å²) in [6.45, 7) is 12.6. The summed E-state index contributed by atoms with van der Waals surface area (Å²) in [5, 5.41) is 3.43. The van der Waals surface area contributed by atoms with Crippen molar-refractivity contribution in [1.82, 2.24) is 24.9 Å². The number of aliphatic imine (C=N–C) groups is 1. The largest absolute Gasteiger partial charge is 0.459 e. The number of hydrogen-bond donors (Lipinski definition) is 1. The molecular formula is C19H31IN6O2. The monoisotopic (exact) mass is 502 g/mol. The van der Waals surface area contributed by atoms with Crippen LogP contribution in [0.5, 0.6) is 0 Å². The maximum Gasteiger partial charge on any atom is 0.289 e. The third-order valence-corrected chi connectivity index (χ3v) is 5.78. The Hall–Kier alpha value is -1.33. The number of furan rings is 1. The van der Waals surface area contributed by atoms with Crippen LogP contribution in [0.25, 0.3) is 0 Å². The fourth-order valence-corrected chi connectivity index (χ4v) is 4.19. The van der Waals surface area contributed by atoms with Gasteiger partial charge in [0.15, 0.2) is 11.7 Å². The molecule has 5 heterocycles. The Balaban J connectivity index is 0.00000225. The topological polar surface area (TPSA) is 67.6 Å². The van der Waals surface area contributed by atoms with E-state index >= 15 is 0 Å². The molecule has 1 N–H and O–H groups in total. The van der Waals surface area contributed by atoms with Gasteiger partial charge in [0.1, 0.15) is 0 Å². The summed E-state index contributed by atoms with van der Waals surface area (Å²) in [4.78, 5) is 26.6. The highest BCUT2D eigenvalue weighted by Crippen LogP contribution is 2.16. The third-order valence-electron chi connectivity index (χ3n) is 5.78. The fraction of sp³-hybridized carbons (Fsp3) is 0.684. The summed E-state index contributed by atoms with van der Waals surface area (Å²) in [5.74, 6) is 1.36. The van der Waals surface area contributed by atoms with E-state index in [0.717, 1.165) is 38.7 Å². The van der Waals surface area contributed by atoms with Gasteiger partial charge in [-0.1, -0.05) is 0 Å². The Morgan fingerprint density at radius 3 is 2.43 bits per heavy atom. The molecule has 0 saturated carbocycles. The van der Waals surface area contributed by atoms with Gasteiger partial charge in [-0.2, -0.15) is 0 Å². The highest BCUT2D eigenvalue weighted by Gasteiger charge is 2.32. The summed E-state index contributed by atoms with van der Waals surface area (Å²) < 4.78 is 5.24. The maximum atomic E-state index is 12.4. The molecule has 0 spiro atoms. The lowest BCUT2D eigenvalue weighted by atomic mass is 10.1. The molecule has 1 unspecified atom stereocenters. The second-order valence-corrected chi connectivity index (χ2v) is 7.44. The molecule has 156 valence electrons. The first-order valence-electron chi connectivity index (χ1n) is 10.1. The van der Waals surface area contributed by atoms with Crippen molar-refractivity contribution in [3.63, 3.8) is 0 Å². The Morgan fingerprint density at radius 1 is 1.14 bits per heavy atom. The van der Waals surface area contributed by atoms with Crippen LogP contribution >= 0.6 is 24.0 Å². The molecule has 8 nitrogen and oxygen atoms in total.